The molecular formula is C3H8AlCl. The van der Waals surface area contributed by atoms with Crippen molar-refractivity contribution in [2.75, 3.05) is 0 Å². The second-order valence-electron chi connectivity index (χ2n) is 1.24. The quantitative estimate of drug-likeness (QED) is 0.410. The minimum Gasteiger partial charge on any atom is -0.147 e. The van der Waals surface area contributed by atoms with Gasteiger partial charge in [-0.2, -0.15) is 0 Å². The van der Waals surface area contributed by atoms with Crippen molar-refractivity contribution in [1.29, 1.82) is 0 Å². The third kappa shape index (κ3) is 56.8. The van der Waals surface area contributed by atoms with Gasteiger partial charge in [-0.1, -0.05) is 13.8 Å². The predicted octanol–water partition coefficient (Wildman–Crippen LogP) is 1.41. The molecule has 0 spiro atoms. The average Bonchev–Trinajstić information content (AvgIpc) is 0.811. The van der Waals surface area contributed by atoms with Gasteiger partial charge in [-0.05, 0) is 0 Å². The summed E-state index contributed by atoms with van der Waals surface area (Å²) in [6, 6.07) is 0. The lowest BCUT2D eigenvalue weighted by molar-refractivity contribution is 1.08. The molecule has 0 N–H and O–H groups in total. The largest absolute Gasteiger partial charge is 0.147 e. The van der Waals surface area contributed by atoms with E-state index in [0.29, 0.717) is 0 Å². The van der Waals surface area contributed by atoms with Crippen molar-refractivity contribution in [2.24, 2.45) is 0 Å². The van der Waals surface area contributed by atoms with Crippen molar-refractivity contribution in [2.45, 2.75) is 18.6 Å². The molecule has 0 atom stereocenters. The van der Waals surface area contributed by atoms with Crippen molar-refractivity contribution >= 4 is 28.7 Å². The first-order chi connectivity index (χ1) is 1.73. The fourth-order valence-electron chi connectivity index (χ4n) is 0. The molecule has 0 unspecified atom stereocenters. The Labute approximate surface area is 47.8 Å². The van der Waals surface area contributed by atoms with Gasteiger partial charge < -0.3 is 0 Å². The Morgan fingerprint density at radius 2 is 1.40 bits per heavy atom. The van der Waals surface area contributed by atoms with E-state index in [1.165, 1.54) is 0 Å². The molecular weight excluding hydrogens is 98.5 g/mol. The molecule has 0 amide bonds. The van der Waals surface area contributed by atoms with E-state index < -0.39 is 0 Å². The summed E-state index contributed by atoms with van der Waals surface area (Å²) in [5.41, 5.74) is 0. The summed E-state index contributed by atoms with van der Waals surface area (Å²) >= 11 is 2.66. The van der Waals surface area contributed by atoms with Crippen LogP contribution in [0.4, 0.5) is 0 Å². The van der Waals surface area contributed by atoms with Crippen LogP contribution in [-0.4, -0.2) is 16.3 Å². The fraction of sp³-hybridized carbons (Fsp3) is 1.00. The molecule has 0 aromatic rings. The molecule has 5 heavy (non-hydrogen) atoms. The first kappa shape index (κ1) is 9.27. The molecule has 0 aliphatic heterocycles. The Morgan fingerprint density at radius 1 is 1.40 bits per heavy atom. The minimum atomic E-state index is 0. The first-order valence-corrected chi connectivity index (χ1v) is 2.15. The molecule has 2 radical (unpaired) electrons. The Kier molecular flexibility index (Phi) is 8.94. The van der Waals surface area contributed by atoms with Crippen LogP contribution in [0.3, 0.4) is 0 Å². The average molecular weight is 107 g/mol. The highest BCUT2D eigenvalue weighted by molar-refractivity contribution is 6.10. The predicted molar refractivity (Wildman–Crippen MR) is 28.1 cm³/mol. The van der Waals surface area contributed by atoms with E-state index in [4.69, 9.17) is 0 Å². The van der Waals surface area contributed by atoms with Crippen LogP contribution in [0, 0.1) is 0 Å². The summed E-state index contributed by atoms with van der Waals surface area (Å²) in [6.07, 6.45) is 0. The maximum absolute atomic E-state index is 2.66. The minimum absolute atomic E-state index is 0. The van der Waals surface area contributed by atoms with E-state index >= 15 is 0 Å². The topological polar surface area (TPSA) is 0 Å². The van der Waals surface area contributed by atoms with E-state index in [2.05, 4.69) is 30.1 Å². The molecule has 0 aromatic heterocycles. The summed E-state index contributed by atoms with van der Waals surface area (Å²) in [6.45, 7) is 4.26. The monoisotopic (exact) mass is 106 g/mol. The maximum Gasteiger partial charge on any atom is 0.122 e. The van der Waals surface area contributed by atoms with Gasteiger partial charge in [0, 0.05) is 0 Å². The van der Waals surface area contributed by atoms with Gasteiger partial charge >= 0.3 is 0 Å². The van der Waals surface area contributed by atoms with Gasteiger partial charge in [0.25, 0.3) is 0 Å². The SMILES string of the molecule is C[CH](C)[Al].Cl. The molecule has 0 nitrogen and oxygen atoms in total. The number of halogens is 1. The van der Waals surface area contributed by atoms with Crippen LogP contribution in [0.1, 0.15) is 13.8 Å². The number of rotatable bonds is 0. The van der Waals surface area contributed by atoms with Crippen LogP contribution in [-0.2, 0) is 0 Å². The summed E-state index contributed by atoms with van der Waals surface area (Å²) in [7, 11) is 0. The summed E-state index contributed by atoms with van der Waals surface area (Å²) < 4.78 is 0.750. The van der Waals surface area contributed by atoms with Crippen molar-refractivity contribution in [3.63, 3.8) is 0 Å². The van der Waals surface area contributed by atoms with Crippen molar-refractivity contribution in [1.82, 2.24) is 0 Å². The van der Waals surface area contributed by atoms with Gasteiger partial charge in [0.2, 0.25) is 0 Å². The molecule has 0 aromatic carbocycles. The van der Waals surface area contributed by atoms with Gasteiger partial charge in [-0.3, -0.25) is 0 Å². The summed E-state index contributed by atoms with van der Waals surface area (Å²) in [5, 5.41) is 0. The Hall–Kier alpha value is 0.822. The van der Waals surface area contributed by atoms with Crippen LogP contribution >= 0.6 is 12.4 Å². The zero-order valence-corrected chi connectivity index (χ0v) is 5.53. The highest BCUT2D eigenvalue weighted by atomic mass is 35.5. The Morgan fingerprint density at radius 3 is 1.40 bits per heavy atom. The third-order valence-electron chi connectivity index (χ3n) is 0. The van der Waals surface area contributed by atoms with Crippen LogP contribution in [0.25, 0.3) is 0 Å². The molecule has 0 saturated heterocycles. The van der Waals surface area contributed by atoms with Crippen LogP contribution in [0.15, 0.2) is 0 Å². The van der Waals surface area contributed by atoms with Gasteiger partial charge in [0.1, 0.15) is 16.3 Å². The lowest BCUT2D eigenvalue weighted by Gasteiger charge is -1.80. The first-order valence-electron chi connectivity index (χ1n) is 1.49. The van der Waals surface area contributed by atoms with Gasteiger partial charge in [0.15, 0.2) is 0 Å². The molecule has 0 fully saturated rings. The van der Waals surface area contributed by atoms with Crippen LogP contribution in [0.2, 0.25) is 4.78 Å². The normalized spacial score (nSPS) is 7.00. The maximum atomic E-state index is 2.66. The lowest BCUT2D eigenvalue weighted by Crippen LogP contribution is -1.67. The fourth-order valence-corrected chi connectivity index (χ4v) is 0. The highest BCUT2D eigenvalue weighted by Crippen LogP contribution is 1.84. The van der Waals surface area contributed by atoms with E-state index in [-0.39, 0.29) is 12.4 Å². The van der Waals surface area contributed by atoms with Crippen molar-refractivity contribution < 1.29 is 0 Å². The molecule has 30 valence electrons. The molecule has 0 heterocycles. The molecule has 0 saturated carbocycles. The van der Waals surface area contributed by atoms with E-state index in [1.54, 1.807) is 0 Å². The smallest absolute Gasteiger partial charge is 0.122 e. The Balaban J connectivity index is 0. The summed E-state index contributed by atoms with van der Waals surface area (Å²) in [4.78, 5) is 0. The second-order valence-corrected chi connectivity index (χ2v) is 2.58. The van der Waals surface area contributed by atoms with Gasteiger partial charge in [-0.15, -0.1) is 17.2 Å². The number of hydrogen-bond donors (Lipinski definition) is 0. The van der Waals surface area contributed by atoms with Gasteiger partial charge in [0.05, 0.1) is 0 Å². The highest BCUT2D eigenvalue weighted by Gasteiger charge is 1.68. The molecule has 0 rings (SSSR count). The van der Waals surface area contributed by atoms with Gasteiger partial charge in [-0.25, -0.2) is 0 Å². The second kappa shape index (κ2) is 4.82. The van der Waals surface area contributed by atoms with Crippen LogP contribution in [0.5, 0.6) is 0 Å². The summed E-state index contributed by atoms with van der Waals surface area (Å²) in [5.74, 6) is 0. The number of hydrogen-bond acceptors (Lipinski definition) is 0. The zero-order valence-electron chi connectivity index (χ0n) is 3.56. The van der Waals surface area contributed by atoms with E-state index in [1.807, 2.05) is 0 Å². The van der Waals surface area contributed by atoms with E-state index in [9.17, 15) is 0 Å². The van der Waals surface area contributed by atoms with E-state index in [0.717, 1.165) is 4.78 Å². The lowest BCUT2D eigenvalue weighted by atomic mass is 10.6. The van der Waals surface area contributed by atoms with Crippen LogP contribution < -0.4 is 0 Å². The molecule has 0 bridgehead atoms. The molecule has 2 heteroatoms. The molecule has 0 aliphatic carbocycles. The van der Waals surface area contributed by atoms with Crippen molar-refractivity contribution in [3.8, 4) is 0 Å². The Bertz CT molecular complexity index is 11.6. The zero-order chi connectivity index (χ0) is 3.58. The molecule has 0 aliphatic rings. The third-order valence-corrected chi connectivity index (χ3v) is 0. The standard InChI is InChI=1S/C3H7.Al.ClH/c1-3-2;;/h3H,1-2H3;;1H. The van der Waals surface area contributed by atoms with Crippen molar-refractivity contribution in [3.05, 3.63) is 0 Å².